The standard InChI is InChI=1S/C27H46I/c1-5-7-8-9-10-11-12-16-19-24-21-28-27(24)25(6-2)26(22(3)4)20-23-17-14-13-15-18-23/h13-15,17-18,22,24-27H,5-12,16,19-21H2,1-4H3/q-1. The van der Waals surface area contributed by atoms with Crippen LogP contribution < -0.4 is 21.2 Å². The summed E-state index contributed by atoms with van der Waals surface area (Å²) < 4.78 is 2.73. The summed E-state index contributed by atoms with van der Waals surface area (Å²) in [6.07, 6.45) is 15.9. The molecule has 1 heterocycles. The second-order valence-electron chi connectivity index (χ2n) is 9.45. The van der Waals surface area contributed by atoms with Gasteiger partial charge >= 0.3 is 187 Å². The molecule has 0 saturated carbocycles. The number of halogens is 1. The Hall–Kier alpha value is -0.0500. The fourth-order valence-electron chi connectivity index (χ4n) is 5.09. The minimum absolute atomic E-state index is 0.467. The van der Waals surface area contributed by atoms with Crippen molar-refractivity contribution in [3.8, 4) is 0 Å². The maximum atomic E-state index is 2.47. The summed E-state index contributed by atoms with van der Waals surface area (Å²) in [5, 5.41) is 0. The van der Waals surface area contributed by atoms with Crippen molar-refractivity contribution in [3.05, 3.63) is 35.9 Å². The number of benzene rings is 1. The van der Waals surface area contributed by atoms with E-state index in [-0.39, 0.29) is 0 Å². The van der Waals surface area contributed by atoms with Crippen LogP contribution in [-0.4, -0.2) is 8.35 Å². The zero-order chi connectivity index (χ0) is 20.2. The summed E-state index contributed by atoms with van der Waals surface area (Å²) in [5.74, 6) is 3.73. The van der Waals surface area contributed by atoms with Crippen LogP contribution in [0.1, 0.15) is 97.5 Å². The van der Waals surface area contributed by atoms with Crippen LogP contribution in [0.4, 0.5) is 0 Å². The normalized spacial score (nSPS) is 21.8. The molecule has 1 fully saturated rings. The molecule has 1 saturated heterocycles. The third-order valence-corrected chi connectivity index (χ3v) is 11.5. The van der Waals surface area contributed by atoms with Crippen LogP contribution in [0.15, 0.2) is 30.3 Å². The molecule has 28 heavy (non-hydrogen) atoms. The van der Waals surface area contributed by atoms with Gasteiger partial charge in [0.05, 0.1) is 0 Å². The zero-order valence-electron chi connectivity index (χ0n) is 19.1. The van der Waals surface area contributed by atoms with Gasteiger partial charge in [0.1, 0.15) is 0 Å². The van der Waals surface area contributed by atoms with Crippen molar-refractivity contribution in [2.24, 2.45) is 23.7 Å². The quantitative estimate of drug-likeness (QED) is 0.179. The Labute approximate surface area is 186 Å². The molecule has 0 nitrogen and oxygen atoms in total. The molecule has 0 bridgehead atoms. The average Bonchev–Trinajstić information content (AvgIpc) is 2.68. The van der Waals surface area contributed by atoms with E-state index >= 15 is 0 Å². The first-order valence-electron chi connectivity index (χ1n) is 12.3. The fraction of sp³-hybridized carbons (Fsp3) is 0.778. The van der Waals surface area contributed by atoms with Gasteiger partial charge in [0.25, 0.3) is 0 Å². The van der Waals surface area contributed by atoms with Crippen LogP contribution in [0.25, 0.3) is 0 Å². The van der Waals surface area contributed by atoms with Gasteiger partial charge in [0.15, 0.2) is 0 Å². The van der Waals surface area contributed by atoms with Gasteiger partial charge < -0.3 is 0 Å². The van der Waals surface area contributed by atoms with Crippen molar-refractivity contribution in [3.63, 3.8) is 0 Å². The summed E-state index contributed by atoms with van der Waals surface area (Å²) in [5.41, 5.74) is 1.55. The van der Waals surface area contributed by atoms with E-state index in [1.807, 2.05) is 0 Å². The van der Waals surface area contributed by atoms with Crippen LogP contribution in [0, 0.1) is 23.7 Å². The van der Waals surface area contributed by atoms with Gasteiger partial charge in [-0.25, -0.2) is 0 Å². The number of hydrogen-bond donors (Lipinski definition) is 0. The summed E-state index contributed by atoms with van der Waals surface area (Å²) >= 11 is 0.467. The first kappa shape index (κ1) is 24.2. The molecule has 0 amide bonds. The van der Waals surface area contributed by atoms with Crippen molar-refractivity contribution in [2.75, 3.05) is 4.43 Å². The molecule has 1 aliphatic rings. The van der Waals surface area contributed by atoms with Gasteiger partial charge in [0, 0.05) is 0 Å². The number of rotatable bonds is 15. The zero-order valence-corrected chi connectivity index (χ0v) is 21.3. The van der Waals surface area contributed by atoms with Crippen LogP contribution in [-0.2, 0) is 6.42 Å². The Bertz CT molecular complexity index is 494. The minimum atomic E-state index is 0.467. The van der Waals surface area contributed by atoms with E-state index < -0.39 is 0 Å². The third kappa shape index (κ3) is 8.00. The molecule has 1 aliphatic heterocycles. The predicted molar refractivity (Wildman–Crippen MR) is 122 cm³/mol. The van der Waals surface area contributed by atoms with Crippen molar-refractivity contribution < 1.29 is 21.2 Å². The molecule has 0 aromatic heterocycles. The molecule has 1 aromatic rings. The summed E-state index contributed by atoms with van der Waals surface area (Å²) in [6, 6.07) is 11.3. The van der Waals surface area contributed by atoms with Crippen molar-refractivity contribution in [1.29, 1.82) is 0 Å². The molecule has 1 aromatic carbocycles. The number of unbranched alkanes of at least 4 members (excludes halogenated alkanes) is 7. The molecular formula is C27H46I-. The Kier molecular flexibility index (Phi) is 12.1. The van der Waals surface area contributed by atoms with E-state index in [2.05, 4.69) is 58.0 Å². The Morgan fingerprint density at radius 1 is 0.893 bits per heavy atom. The third-order valence-electron chi connectivity index (χ3n) is 6.95. The summed E-state index contributed by atoms with van der Waals surface area (Å²) in [7, 11) is 0. The van der Waals surface area contributed by atoms with Gasteiger partial charge in [-0.1, -0.05) is 0 Å². The Morgan fingerprint density at radius 2 is 1.54 bits per heavy atom. The molecule has 2 rings (SSSR count). The van der Waals surface area contributed by atoms with E-state index in [1.165, 1.54) is 70.6 Å². The van der Waals surface area contributed by atoms with Gasteiger partial charge in [-0.15, -0.1) is 0 Å². The first-order chi connectivity index (χ1) is 13.7. The van der Waals surface area contributed by atoms with E-state index in [4.69, 9.17) is 0 Å². The summed E-state index contributed by atoms with van der Waals surface area (Å²) in [4.78, 5) is 0. The second kappa shape index (κ2) is 14.0. The SMILES string of the molecule is CCCCCCCCCCC1C[I-]C1C(CC)C(Cc1ccccc1)C(C)C. The van der Waals surface area contributed by atoms with E-state index in [0.29, 0.717) is 21.2 Å². The van der Waals surface area contributed by atoms with Crippen molar-refractivity contribution >= 4 is 0 Å². The van der Waals surface area contributed by atoms with Crippen molar-refractivity contribution in [2.45, 2.75) is 102 Å². The van der Waals surface area contributed by atoms with Crippen LogP contribution >= 0.6 is 0 Å². The molecule has 1 heteroatoms. The summed E-state index contributed by atoms with van der Waals surface area (Å²) in [6.45, 7) is 9.73. The van der Waals surface area contributed by atoms with Gasteiger partial charge in [0.2, 0.25) is 0 Å². The van der Waals surface area contributed by atoms with E-state index in [1.54, 1.807) is 9.99 Å². The van der Waals surface area contributed by atoms with E-state index in [9.17, 15) is 0 Å². The first-order valence-corrected chi connectivity index (χ1v) is 15.1. The average molecular weight is 498 g/mol. The molecule has 0 aliphatic carbocycles. The molecule has 0 spiro atoms. The van der Waals surface area contributed by atoms with Crippen molar-refractivity contribution in [1.82, 2.24) is 0 Å². The van der Waals surface area contributed by atoms with E-state index in [0.717, 1.165) is 27.6 Å². The monoisotopic (exact) mass is 497 g/mol. The van der Waals surface area contributed by atoms with Crippen LogP contribution in [0.2, 0.25) is 0 Å². The van der Waals surface area contributed by atoms with Gasteiger partial charge in [-0.3, -0.25) is 0 Å². The second-order valence-corrected chi connectivity index (χ2v) is 12.6. The molecular weight excluding hydrogens is 451 g/mol. The Balaban J connectivity index is 1.77. The fourth-order valence-corrected chi connectivity index (χ4v) is 9.40. The van der Waals surface area contributed by atoms with Gasteiger partial charge in [-0.05, 0) is 0 Å². The Morgan fingerprint density at radius 3 is 2.07 bits per heavy atom. The molecule has 4 atom stereocenters. The molecule has 162 valence electrons. The predicted octanol–water partition coefficient (Wildman–Crippen LogP) is 5.15. The van der Waals surface area contributed by atoms with Gasteiger partial charge in [-0.2, -0.15) is 0 Å². The van der Waals surface area contributed by atoms with Crippen LogP contribution in [0.5, 0.6) is 0 Å². The maximum absolute atomic E-state index is 2.47. The molecule has 0 N–H and O–H groups in total. The number of alkyl halides is 2. The number of hydrogen-bond acceptors (Lipinski definition) is 0. The molecule has 4 unspecified atom stereocenters. The van der Waals surface area contributed by atoms with Crippen LogP contribution in [0.3, 0.4) is 0 Å². The topological polar surface area (TPSA) is 0 Å². The molecule has 0 radical (unpaired) electrons.